The van der Waals surface area contributed by atoms with Crippen LogP contribution in [-0.2, 0) is 35.8 Å². The fraction of sp³-hybridized carbons (Fsp3) is 0.568. The highest BCUT2D eigenvalue weighted by Crippen LogP contribution is 2.37. The van der Waals surface area contributed by atoms with E-state index in [1.807, 2.05) is 37.3 Å². The minimum absolute atomic E-state index is 0.0209. The van der Waals surface area contributed by atoms with E-state index >= 15 is 0 Å². The maximum atomic E-state index is 14.7. The lowest BCUT2D eigenvalue weighted by molar-refractivity contribution is -0.202. The number of carbonyl (C=O) groups is 1. The summed E-state index contributed by atoms with van der Waals surface area (Å²) in [6.07, 6.45) is 8.72. The number of aryl methyl sites for hydroxylation is 1. The Morgan fingerprint density at radius 3 is 2.47 bits per heavy atom. The molecule has 12 heteroatoms. The molecule has 1 aliphatic carbocycles. The van der Waals surface area contributed by atoms with Crippen LogP contribution in [0, 0.1) is 6.92 Å². The summed E-state index contributed by atoms with van der Waals surface area (Å²) in [5.41, 5.74) is -2.14. The van der Waals surface area contributed by atoms with Crippen LogP contribution in [0.4, 0.5) is 0 Å². The molecular formula is C37H47N3O8S. The highest BCUT2D eigenvalue weighted by Gasteiger charge is 2.39. The maximum absolute atomic E-state index is 14.7. The Hall–Kier alpha value is -3.58. The van der Waals surface area contributed by atoms with E-state index in [0.717, 1.165) is 55.3 Å². The van der Waals surface area contributed by atoms with Gasteiger partial charge in [0.1, 0.15) is 28.3 Å². The van der Waals surface area contributed by atoms with Gasteiger partial charge in [-0.1, -0.05) is 30.3 Å². The Balaban J connectivity index is 1.43. The van der Waals surface area contributed by atoms with Gasteiger partial charge >= 0.3 is 11.7 Å². The molecule has 2 fully saturated rings. The van der Waals surface area contributed by atoms with Gasteiger partial charge < -0.3 is 23.4 Å². The van der Waals surface area contributed by atoms with Gasteiger partial charge in [-0.15, -0.1) is 11.3 Å². The molecule has 1 aliphatic heterocycles. The van der Waals surface area contributed by atoms with Crippen LogP contribution in [-0.4, -0.2) is 50.8 Å². The normalized spacial score (nSPS) is 21.1. The quantitative estimate of drug-likeness (QED) is 0.164. The van der Waals surface area contributed by atoms with E-state index in [1.165, 1.54) is 23.8 Å². The molecule has 1 saturated heterocycles. The van der Waals surface area contributed by atoms with Gasteiger partial charge in [-0.3, -0.25) is 9.36 Å². The van der Waals surface area contributed by atoms with Crippen molar-refractivity contribution in [3.8, 4) is 10.8 Å². The molecule has 4 heterocycles. The number of hydrogen-bond donors (Lipinski definition) is 0. The highest BCUT2D eigenvalue weighted by atomic mass is 32.1. The molecule has 3 unspecified atom stereocenters. The number of rotatable bonds is 10. The number of fused-ring (bicyclic) bond motifs is 1. The van der Waals surface area contributed by atoms with Crippen LogP contribution in [0.15, 0.2) is 56.8 Å². The molecule has 4 atom stereocenters. The topological polar surface area (TPSA) is 124 Å². The summed E-state index contributed by atoms with van der Waals surface area (Å²) in [5.74, 6) is -0.335. The molecule has 2 aliphatic rings. The Morgan fingerprint density at radius 2 is 1.80 bits per heavy atom. The predicted molar refractivity (Wildman–Crippen MR) is 187 cm³/mol. The molecule has 1 saturated carbocycles. The van der Waals surface area contributed by atoms with Gasteiger partial charge in [0.15, 0.2) is 6.29 Å². The molecule has 0 radical (unpaired) electrons. The van der Waals surface area contributed by atoms with E-state index < -0.39 is 34.5 Å². The highest BCUT2D eigenvalue weighted by molar-refractivity contribution is 7.22. The van der Waals surface area contributed by atoms with E-state index in [-0.39, 0.29) is 25.0 Å². The summed E-state index contributed by atoms with van der Waals surface area (Å²) in [7, 11) is 0. The fourth-order valence-corrected chi connectivity index (χ4v) is 7.95. The first-order valence-electron chi connectivity index (χ1n) is 17.2. The van der Waals surface area contributed by atoms with Crippen molar-refractivity contribution in [2.75, 3.05) is 6.61 Å². The summed E-state index contributed by atoms with van der Waals surface area (Å²) >= 11 is 1.27. The van der Waals surface area contributed by atoms with E-state index in [9.17, 15) is 14.4 Å². The standard InChI is InChI=1S/C37H47N3O8S/c1-23-29-32(41)40(37(5,6)34(42)48-36(2,3)4)35(43)39(33(29)49-30(23)31-38-18-20-45-31)22-27(24-13-8-7-9-14-24)46-25-15-12-16-26(21-25)47-28-17-10-11-19-44-28/h7-9,13-14,18,20,25-28H,10-12,15-17,19,21-22H2,1-6H3/t25?,26?,27-,28?/m0/s1. The Kier molecular flexibility index (Phi) is 10.3. The lowest BCUT2D eigenvalue weighted by Crippen LogP contribution is -2.54. The summed E-state index contributed by atoms with van der Waals surface area (Å²) in [4.78, 5) is 48.0. The van der Waals surface area contributed by atoms with Gasteiger partial charge in [0, 0.05) is 6.61 Å². The van der Waals surface area contributed by atoms with E-state index in [4.69, 9.17) is 23.4 Å². The number of benzene rings is 1. The molecule has 6 rings (SSSR count). The average molecular weight is 694 g/mol. The molecule has 264 valence electrons. The Labute approximate surface area is 290 Å². The molecule has 4 aromatic rings. The first kappa shape index (κ1) is 35.3. The molecule has 0 spiro atoms. The molecule has 0 amide bonds. The average Bonchev–Trinajstić information content (AvgIpc) is 3.71. The zero-order chi connectivity index (χ0) is 34.9. The van der Waals surface area contributed by atoms with Gasteiger partial charge in [-0.05, 0) is 97.6 Å². The number of carbonyl (C=O) groups excluding carboxylic acids is 1. The van der Waals surface area contributed by atoms with Crippen LogP contribution in [0.3, 0.4) is 0 Å². The third kappa shape index (κ3) is 7.62. The van der Waals surface area contributed by atoms with Crippen molar-refractivity contribution in [2.45, 2.75) is 129 Å². The third-order valence-electron chi connectivity index (χ3n) is 9.23. The molecule has 0 bridgehead atoms. The van der Waals surface area contributed by atoms with Crippen LogP contribution >= 0.6 is 11.3 Å². The van der Waals surface area contributed by atoms with Crippen LogP contribution in [0.5, 0.6) is 0 Å². The van der Waals surface area contributed by atoms with E-state index in [2.05, 4.69) is 4.98 Å². The first-order valence-corrected chi connectivity index (χ1v) is 18.1. The van der Waals surface area contributed by atoms with Crippen LogP contribution in [0.2, 0.25) is 0 Å². The second-order valence-corrected chi connectivity index (χ2v) is 15.5. The maximum Gasteiger partial charge on any atom is 0.333 e. The van der Waals surface area contributed by atoms with Crippen molar-refractivity contribution < 1.29 is 28.2 Å². The summed E-state index contributed by atoms with van der Waals surface area (Å²) in [6, 6.07) is 9.80. The van der Waals surface area contributed by atoms with Crippen molar-refractivity contribution in [3.05, 3.63) is 74.8 Å². The molecular weight excluding hydrogens is 646 g/mol. The van der Waals surface area contributed by atoms with Crippen LogP contribution < -0.4 is 11.2 Å². The Bertz CT molecular complexity index is 1860. The van der Waals surface area contributed by atoms with Gasteiger partial charge in [-0.25, -0.2) is 19.1 Å². The Morgan fingerprint density at radius 1 is 1.04 bits per heavy atom. The number of thiophene rings is 1. The van der Waals surface area contributed by atoms with Crippen molar-refractivity contribution in [2.24, 2.45) is 0 Å². The van der Waals surface area contributed by atoms with Crippen molar-refractivity contribution in [1.29, 1.82) is 0 Å². The summed E-state index contributed by atoms with van der Waals surface area (Å²) < 4.78 is 33.1. The summed E-state index contributed by atoms with van der Waals surface area (Å²) in [5, 5.41) is 0.319. The number of aromatic nitrogens is 3. The second-order valence-electron chi connectivity index (χ2n) is 14.5. The van der Waals surface area contributed by atoms with Crippen molar-refractivity contribution >= 4 is 27.5 Å². The minimum Gasteiger partial charge on any atom is -0.458 e. The first-order chi connectivity index (χ1) is 23.3. The van der Waals surface area contributed by atoms with Gasteiger partial charge in [0.2, 0.25) is 5.89 Å². The predicted octanol–water partition coefficient (Wildman–Crippen LogP) is 6.88. The summed E-state index contributed by atoms with van der Waals surface area (Å²) in [6.45, 7) is 11.0. The molecule has 49 heavy (non-hydrogen) atoms. The van der Waals surface area contributed by atoms with Crippen LogP contribution in [0.25, 0.3) is 21.0 Å². The van der Waals surface area contributed by atoms with Gasteiger partial charge in [0.25, 0.3) is 5.56 Å². The lowest BCUT2D eigenvalue weighted by Gasteiger charge is -2.35. The number of nitrogens with zero attached hydrogens (tertiary/aromatic N) is 3. The number of oxazole rings is 1. The van der Waals surface area contributed by atoms with Crippen LogP contribution in [0.1, 0.15) is 96.8 Å². The lowest BCUT2D eigenvalue weighted by atomic mass is 9.94. The SMILES string of the molecule is Cc1c(-c2ncco2)sc2c1c(=O)n(C(C)(C)C(=O)OC(C)(C)C)c(=O)n2C[C@H](OC1CCCC(OC2CCCCO2)C1)c1ccccc1. The smallest absolute Gasteiger partial charge is 0.333 e. The molecule has 3 aromatic heterocycles. The van der Waals surface area contributed by atoms with E-state index in [0.29, 0.717) is 33.0 Å². The van der Waals surface area contributed by atoms with Crippen molar-refractivity contribution in [3.63, 3.8) is 0 Å². The number of esters is 1. The monoisotopic (exact) mass is 693 g/mol. The molecule has 0 N–H and O–H groups in total. The molecule has 11 nitrogen and oxygen atoms in total. The van der Waals surface area contributed by atoms with Crippen molar-refractivity contribution in [1.82, 2.24) is 14.1 Å². The molecule has 1 aromatic carbocycles. The van der Waals surface area contributed by atoms with Gasteiger partial charge in [0.05, 0.1) is 35.2 Å². The number of ether oxygens (including phenoxy) is 4. The minimum atomic E-state index is -1.62. The second kappa shape index (κ2) is 14.3. The van der Waals surface area contributed by atoms with Gasteiger partial charge in [-0.2, -0.15) is 0 Å². The zero-order valence-corrected chi connectivity index (χ0v) is 30.0. The zero-order valence-electron chi connectivity index (χ0n) is 29.2. The largest absolute Gasteiger partial charge is 0.458 e. The fourth-order valence-electron chi connectivity index (χ4n) is 6.71. The number of hydrogen-bond acceptors (Lipinski definition) is 10. The third-order valence-corrected chi connectivity index (χ3v) is 10.5. The van der Waals surface area contributed by atoms with E-state index in [1.54, 1.807) is 39.2 Å².